The molecule has 0 radical (unpaired) electrons. The summed E-state index contributed by atoms with van der Waals surface area (Å²) < 4.78 is 5.10. The van der Waals surface area contributed by atoms with E-state index in [9.17, 15) is 10.1 Å². The van der Waals surface area contributed by atoms with E-state index in [0.29, 0.717) is 18.0 Å². The molecule has 0 aromatic heterocycles. The van der Waals surface area contributed by atoms with Crippen molar-refractivity contribution < 1.29 is 9.66 Å². The number of benzene rings is 2. The van der Waals surface area contributed by atoms with Crippen molar-refractivity contribution in [3.05, 3.63) is 63.7 Å². The monoisotopic (exact) mass is 304 g/mol. The Kier molecular flexibility index (Phi) is 5.19. The number of ether oxygens (including phenoxy) is 1. The second-order valence-corrected chi connectivity index (χ2v) is 5.49. The molecule has 0 heterocycles. The molecular weight excluding hydrogens is 288 g/mol. The Hall–Kier alpha value is -2.05. The predicted octanol–water partition coefficient (Wildman–Crippen LogP) is 3.35. The second kappa shape index (κ2) is 7.10. The summed E-state index contributed by atoms with van der Waals surface area (Å²) in [4.78, 5) is 11.6. The highest BCUT2D eigenvalue weighted by molar-refractivity contribution is 7.98. The summed E-state index contributed by atoms with van der Waals surface area (Å²) in [7, 11) is 1.50. The molecule has 0 bridgehead atoms. The van der Waals surface area contributed by atoms with E-state index >= 15 is 0 Å². The van der Waals surface area contributed by atoms with E-state index in [2.05, 4.69) is 0 Å². The van der Waals surface area contributed by atoms with Crippen molar-refractivity contribution in [3.63, 3.8) is 0 Å². The van der Waals surface area contributed by atoms with Gasteiger partial charge >= 0.3 is 0 Å². The highest BCUT2D eigenvalue weighted by Crippen LogP contribution is 2.28. The molecule has 2 aromatic carbocycles. The molecule has 0 spiro atoms. The van der Waals surface area contributed by atoms with Crippen LogP contribution >= 0.6 is 11.8 Å². The van der Waals surface area contributed by atoms with E-state index in [1.54, 1.807) is 17.8 Å². The molecule has 0 aliphatic heterocycles. The van der Waals surface area contributed by atoms with Crippen molar-refractivity contribution in [2.75, 3.05) is 7.11 Å². The minimum absolute atomic E-state index is 0.0423. The smallest absolute Gasteiger partial charge is 0.273 e. The molecule has 0 amide bonds. The zero-order valence-corrected chi connectivity index (χ0v) is 12.4. The minimum atomic E-state index is -0.411. The maximum atomic E-state index is 10.9. The van der Waals surface area contributed by atoms with Gasteiger partial charge in [-0.15, -0.1) is 11.8 Å². The number of rotatable bonds is 6. The summed E-state index contributed by atoms with van der Waals surface area (Å²) in [6.45, 7) is 0.499. The predicted molar refractivity (Wildman–Crippen MR) is 83.5 cm³/mol. The van der Waals surface area contributed by atoms with Gasteiger partial charge in [0.05, 0.1) is 18.1 Å². The fraction of sp³-hybridized carbons (Fsp3) is 0.200. The molecule has 0 unspecified atom stereocenters. The maximum Gasteiger partial charge on any atom is 0.273 e. The first kappa shape index (κ1) is 15.3. The average molecular weight is 304 g/mol. The summed E-state index contributed by atoms with van der Waals surface area (Å²) in [6, 6.07) is 12.8. The van der Waals surface area contributed by atoms with Crippen LogP contribution in [-0.4, -0.2) is 12.0 Å². The van der Waals surface area contributed by atoms with E-state index in [1.165, 1.54) is 13.2 Å². The molecule has 6 heteroatoms. The molecule has 0 aliphatic carbocycles. The number of non-ortho nitro benzene ring substituents is 1. The van der Waals surface area contributed by atoms with Crippen molar-refractivity contribution >= 4 is 17.4 Å². The average Bonchev–Trinajstić information content (AvgIpc) is 2.52. The Morgan fingerprint density at radius 2 is 2.05 bits per heavy atom. The normalized spacial score (nSPS) is 10.4. The number of nitro groups is 1. The van der Waals surface area contributed by atoms with E-state index in [-0.39, 0.29) is 5.69 Å². The number of methoxy groups -OCH3 is 1. The molecule has 5 nitrogen and oxygen atoms in total. The molecule has 2 aromatic rings. The van der Waals surface area contributed by atoms with Crippen LogP contribution < -0.4 is 10.5 Å². The molecule has 0 saturated heterocycles. The first-order valence-electron chi connectivity index (χ1n) is 6.36. The zero-order valence-electron chi connectivity index (χ0n) is 11.6. The van der Waals surface area contributed by atoms with E-state index < -0.39 is 4.92 Å². The highest BCUT2D eigenvalue weighted by atomic mass is 32.2. The lowest BCUT2D eigenvalue weighted by Crippen LogP contribution is -1.95. The van der Waals surface area contributed by atoms with Gasteiger partial charge in [-0.05, 0) is 29.3 Å². The largest absolute Gasteiger partial charge is 0.496 e. The van der Waals surface area contributed by atoms with Gasteiger partial charge in [-0.2, -0.15) is 0 Å². The van der Waals surface area contributed by atoms with Gasteiger partial charge in [-0.3, -0.25) is 10.1 Å². The zero-order chi connectivity index (χ0) is 15.2. The summed E-state index contributed by atoms with van der Waals surface area (Å²) in [5.41, 5.74) is 7.58. The fourth-order valence-electron chi connectivity index (χ4n) is 1.88. The number of hydrogen-bond donors (Lipinski definition) is 1. The standard InChI is InChI=1S/C15H16N2O3S/c1-20-14-6-12(5-13(8-14)17(18)19)10-21-15-4-2-3-11(7-15)9-16/h2-8H,9-10,16H2,1H3. The summed E-state index contributed by atoms with van der Waals surface area (Å²) >= 11 is 1.61. The highest BCUT2D eigenvalue weighted by Gasteiger charge is 2.10. The van der Waals surface area contributed by atoms with Crippen LogP contribution in [0.1, 0.15) is 11.1 Å². The lowest BCUT2D eigenvalue weighted by molar-refractivity contribution is -0.385. The molecule has 21 heavy (non-hydrogen) atoms. The van der Waals surface area contributed by atoms with Crippen LogP contribution in [-0.2, 0) is 12.3 Å². The molecule has 0 saturated carbocycles. The van der Waals surface area contributed by atoms with Gasteiger partial charge in [0, 0.05) is 23.3 Å². The molecular formula is C15H16N2O3S. The topological polar surface area (TPSA) is 78.4 Å². The van der Waals surface area contributed by atoms with Gasteiger partial charge in [-0.1, -0.05) is 12.1 Å². The first-order chi connectivity index (χ1) is 10.1. The van der Waals surface area contributed by atoms with Crippen LogP contribution in [0.5, 0.6) is 5.75 Å². The van der Waals surface area contributed by atoms with Crippen LogP contribution in [0.4, 0.5) is 5.69 Å². The Balaban J connectivity index is 2.15. The summed E-state index contributed by atoms with van der Waals surface area (Å²) in [5, 5.41) is 10.9. The third-order valence-corrected chi connectivity index (χ3v) is 4.00. The van der Waals surface area contributed by atoms with E-state index in [0.717, 1.165) is 16.0 Å². The van der Waals surface area contributed by atoms with Crippen molar-refractivity contribution in [2.45, 2.75) is 17.2 Å². The molecule has 0 atom stereocenters. The van der Waals surface area contributed by atoms with Gasteiger partial charge < -0.3 is 10.5 Å². The second-order valence-electron chi connectivity index (χ2n) is 4.44. The third-order valence-electron chi connectivity index (χ3n) is 2.94. The third kappa shape index (κ3) is 4.21. The lowest BCUT2D eigenvalue weighted by Gasteiger charge is -2.06. The SMILES string of the molecule is COc1cc(CSc2cccc(CN)c2)cc([N+](=O)[O-])c1. The van der Waals surface area contributed by atoms with Crippen molar-refractivity contribution in [2.24, 2.45) is 5.73 Å². The Bertz CT molecular complexity index is 647. The number of hydrogen-bond acceptors (Lipinski definition) is 5. The van der Waals surface area contributed by atoms with Crippen LogP contribution in [0.2, 0.25) is 0 Å². The van der Waals surface area contributed by atoms with Crippen molar-refractivity contribution in [1.29, 1.82) is 0 Å². The van der Waals surface area contributed by atoms with Gasteiger partial charge in [0.1, 0.15) is 5.75 Å². The Labute approximate surface area is 127 Å². The van der Waals surface area contributed by atoms with Crippen LogP contribution in [0.25, 0.3) is 0 Å². The van der Waals surface area contributed by atoms with E-state index in [4.69, 9.17) is 10.5 Å². The summed E-state index contributed by atoms with van der Waals surface area (Å²) in [5.74, 6) is 1.13. The molecule has 0 aliphatic rings. The number of nitrogens with two attached hydrogens (primary N) is 1. The van der Waals surface area contributed by atoms with Crippen LogP contribution in [0.3, 0.4) is 0 Å². The number of nitrogens with zero attached hydrogens (tertiary/aromatic N) is 1. The van der Waals surface area contributed by atoms with Crippen LogP contribution in [0, 0.1) is 10.1 Å². The summed E-state index contributed by atoms with van der Waals surface area (Å²) in [6.07, 6.45) is 0. The van der Waals surface area contributed by atoms with Crippen LogP contribution in [0.15, 0.2) is 47.4 Å². The number of thioether (sulfide) groups is 1. The molecule has 2 N–H and O–H groups in total. The molecule has 110 valence electrons. The van der Waals surface area contributed by atoms with Gasteiger partial charge in [0.25, 0.3) is 5.69 Å². The maximum absolute atomic E-state index is 10.9. The lowest BCUT2D eigenvalue weighted by atomic mass is 10.2. The Morgan fingerprint density at radius 1 is 1.24 bits per heavy atom. The molecule has 0 fully saturated rings. The van der Waals surface area contributed by atoms with Crippen molar-refractivity contribution in [3.8, 4) is 5.75 Å². The first-order valence-corrected chi connectivity index (χ1v) is 7.35. The quantitative estimate of drug-likeness (QED) is 0.503. The Morgan fingerprint density at radius 3 is 2.71 bits per heavy atom. The minimum Gasteiger partial charge on any atom is -0.496 e. The van der Waals surface area contributed by atoms with Gasteiger partial charge in [0.15, 0.2) is 0 Å². The number of nitro benzene ring substituents is 1. The van der Waals surface area contributed by atoms with Crippen molar-refractivity contribution in [1.82, 2.24) is 0 Å². The van der Waals surface area contributed by atoms with Gasteiger partial charge in [-0.25, -0.2) is 0 Å². The fourth-order valence-corrected chi connectivity index (χ4v) is 2.79. The molecule has 2 rings (SSSR count). The van der Waals surface area contributed by atoms with E-state index in [1.807, 2.05) is 30.3 Å². The van der Waals surface area contributed by atoms with Gasteiger partial charge in [0.2, 0.25) is 0 Å².